The Labute approximate surface area is 149 Å². The van der Waals surface area contributed by atoms with E-state index in [0.29, 0.717) is 5.69 Å². The van der Waals surface area contributed by atoms with Crippen LogP contribution in [0.4, 0.5) is 11.4 Å². The lowest BCUT2D eigenvalue weighted by Gasteiger charge is -2.43. The van der Waals surface area contributed by atoms with E-state index in [0.717, 1.165) is 15.7 Å². The summed E-state index contributed by atoms with van der Waals surface area (Å²) in [4.78, 5) is 31.6. The summed E-state index contributed by atoms with van der Waals surface area (Å²) in [7, 11) is 0. The average molecular weight is 361 g/mol. The topological polar surface area (TPSA) is 62.3 Å². The van der Waals surface area contributed by atoms with Crippen molar-refractivity contribution in [2.24, 2.45) is 0 Å². The number of aryl methyl sites for hydroxylation is 1. The Morgan fingerprint density at radius 1 is 1.38 bits per heavy atom. The first kappa shape index (κ1) is 17.0. The third-order valence-electron chi connectivity index (χ3n) is 3.95. The number of aromatic nitrogens is 1. The van der Waals surface area contributed by atoms with Gasteiger partial charge in [0.2, 0.25) is 11.8 Å². The molecule has 126 valence electrons. The van der Waals surface area contributed by atoms with Crippen LogP contribution in [0.5, 0.6) is 0 Å². The molecule has 2 amide bonds. The van der Waals surface area contributed by atoms with E-state index < -0.39 is 5.54 Å². The molecule has 3 rings (SSSR count). The number of thioether (sulfide) groups is 1. The van der Waals surface area contributed by atoms with Gasteiger partial charge in [-0.05, 0) is 39.8 Å². The van der Waals surface area contributed by atoms with Gasteiger partial charge in [0.25, 0.3) is 0 Å². The van der Waals surface area contributed by atoms with Crippen LogP contribution in [0.3, 0.4) is 0 Å². The molecule has 24 heavy (non-hydrogen) atoms. The molecule has 0 fully saturated rings. The zero-order valence-corrected chi connectivity index (χ0v) is 15.6. The molecular weight excluding hydrogens is 342 g/mol. The SMILES string of the molecule is Cc1csc(SC(C)C(=O)N2c3ccccc3NC(=O)C2(C)C)n1. The molecule has 0 saturated heterocycles. The van der Waals surface area contributed by atoms with E-state index in [4.69, 9.17) is 0 Å². The van der Waals surface area contributed by atoms with Crippen LogP contribution in [0.2, 0.25) is 0 Å². The van der Waals surface area contributed by atoms with Crippen LogP contribution >= 0.6 is 23.1 Å². The van der Waals surface area contributed by atoms with Crippen molar-refractivity contribution in [2.75, 3.05) is 10.2 Å². The third kappa shape index (κ3) is 2.93. The molecule has 1 aliphatic heterocycles. The van der Waals surface area contributed by atoms with Gasteiger partial charge < -0.3 is 5.32 Å². The molecule has 0 aliphatic carbocycles. The van der Waals surface area contributed by atoms with E-state index in [2.05, 4.69) is 10.3 Å². The molecule has 1 N–H and O–H groups in total. The third-order valence-corrected chi connectivity index (χ3v) is 6.13. The number of hydrogen-bond donors (Lipinski definition) is 1. The largest absolute Gasteiger partial charge is 0.322 e. The van der Waals surface area contributed by atoms with Gasteiger partial charge in [0.1, 0.15) is 5.54 Å². The molecule has 1 unspecified atom stereocenters. The number of anilines is 2. The summed E-state index contributed by atoms with van der Waals surface area (Å²) in [5, 5.41) is 4.50. The van der Waals surface area contributed by atoms with E-state index in [1.165, 1.54) is 23.1 Å². The van der Waals surface area contributed by atoms with Crippen molar-refractivity contribution in [1.82, 2.24) is 4.98 Å². The maximum atomic E-state index is 13.1. The molecule has 5 nitrogen and oxygen atoms in total. The van der Waals surface area contributed by atoms with Crippen molar-refractivity contribution >= 4 is 46.3 Å². The van der Waals surface area contributed by atoms with Crippen molar-refractivity contribution in [1.29, 1.82) is 0 Å². The molecule has 0 bridgehead atoms. The summed E-state index contributed by atoms with van der Waals surface area (Å²) in [6, 6.07) is 7.38. The van der Waals surface area contributed by atoms with Crippen molar-refractivity contribution in [3.05, 3.63) is 35.3 Å². The zero-order chi connectivity index (χ0) is 17.5. The maximum absolute atomic E-state index is 13.1. The van der Waals surface area contributed by atoms with Crippen molar-refractivity contribution in [3.8, 4) is 0 Å². The second-order valence-corrected chi connectivity index (χ2v) is 8.66. The number of carbonyl (C=O) groups excluding carboxylic acids is 2. The Morgan fingerprint density at radius 3 is 2.75 bits per heavy atom. The summed E-state index contributed by atoms with van der Waals surface area (Å²) in [5.74, 6) is -0.281. The van der Waals surface area contributed by atoms with E-state index in [1.807, 2.05) is 43.5 Å². The number of carbonyl (C=O) groups is 2. The number of para-hydroxylation sites is 2. The molecule has 7 heteroatoms. The van der Waals surface area contributed by atoms with Crippen molar-refractivity contribution < 1.29 is 9.59 Å². The van der Waals surface area contributed by atoms with Gasteiger partial charge in [0.05, 0.1) is 16.6 Å². The molecule has 1 atom stereocenters. The van der Waals surface area contributed by atoms with Gasteiger partial charge >= 0.3 is 0 Å². The van der Waals surface area contributed by atoms with Crippen LogP contribution in [-0.4, -0.2) is 27.6 Å². The molecule has 2 heterocycles. The first-order valence-corrected chi connectivity index (χ1v) is 9.40. The van der Waals surface area contributed by atoms with Gasteiger partial charge in [-0.25, -0.2) is 4.98 Å². The summed E-state index contributed by atoms with van der Waals surface area (Å²) in [6.45, 7) is 7.32. The van der Waals surface area contributed by atoms with Crippen molar-refractivity contribution in [3.63, 3.8) is 0 Å². The normalized spacial score (nSPS) is 17.2. The lowest BCUT2D eigenvalue weighted by molar-refractivity contribution is -0.126. The highest BCUT2D eigenvalue weighted by Gasteiger charge is 2.44. The number of nitrogens with one attached hydrogen (secondary N) is 1. The highest BCUT2D eigenvalue weighted by Crippen LogP contribution is 2.39. The first-order valence-electron chi connectivity index (χ1n) is 7.64. The molecule has 1 aromatic heterocycles. The molecule has 2 aromatic rings. The molecule has 0 radical (unpaired) electrons. The lowest BCUT2D eigenvalue weighted by atomic mass is 9.96. The Kier molecular flexibility index (Phi) is 4.40. The Hall–Kier alpha value is -1.86. The fourth-order valence-electron chi connectivity index (χ4n) is 2.62. The van der Waals surface area contributed by atoms with Crippen LogP contribution in [0.25, 0.3) is 0 Å². The Bertz CT molecular complexity index is 801. The van der Waals surface area contributed by atoms with Gasteiger partial charge in [-0.2, -0.15) is 0 Å². The minimum Gasteiger partial charge on any atom is -0.322 e. The average Bonchev–Trinajstić information content (AvgIpc) is 2.93. The van der Waals surface area contributed by atoms with Crippen LogP contribution in [0, 0.1) is 6.92 Å². The summed E-state index contributed by atoms with van der Waals surface area (Å²) >= 11 is 2.96. The van der Waals surface area contributed by atoms with Crippen LogP contribution in [0.15, 0.2) is 34.0 Å². The van der Waals surface area contributed by atoms with Gasteiger partial charge in [-0.15, -0.1) is 11.3 Å². The molecule has 0 saturated carbocycles. The molecule has 0 spiro atoms. The van der Waals surface area contributed by atoms with E-state index in [1.54, 1.807) is 18.7 Å². The number of amides is 2. The maximum Gasteiger partial charge on any atom is 0.250 e. The highest BCUT2D eigenvalue weighted by molar-refractivity contribution is 8.02. The van der Waals surface area contributed by atoms with E-state index in [9.17, 15) is 9.59 Å². The highest BCUT2D eigenvalue weighted by atomic mass is 32.2. The van der Waals surface area contributed by atoms with Crippen LogP contribution in [0.1, 0.15) is 26.5 Å². The monoisotopic (exact) mass is 361 g/mol. The second-order valence-electron chi connectivity index (χ2n) is 6.22. The van der Waals surface area contributed by atoms with Crippen LogP contribution in [-0.2, 0) is 9.59 Å². The summed E-state index contributed by atoms with van der Waals surface area (Å²) in [6.07, 6.45) is 0. The summed E-state index contributed by atoms with van der Waals surface area (Å²) < 4.78 is 0.862. The minimum atomic E-state index is -0.945. The Morgan fingerprint density at radius 2 is 2.08 bits per heavy atom. The zero-order valence-electron chi connectivity index (χ0n) is 14.0. The van der Waals surface area contributed by atoms with Gasteiger partial charge in [-0.3, -0.25) is 14.5 Å². The fourth-order valence-corrected chi connectivity index (χ4v) is 4.64. The van der Waals surface area contributed by atoms with Gasteiger partial charge in [-0.1, -0.05) is 23.9 Å². The lowest BCUT2D eigenvalue weighted by Crippen LogP contribution is -2.60. The molecule has 1 aromatic carbocycles. The standard InChI is InChI=1S/C17H19N3O2S2/c1-10-9-23-16(18-10)24-11(2)14(21)20-13-8-6-5-7-12(13)19-15(22)17(20,3)4/h5-9,11H,1-4H3,(H,19,22). The quantitative estimate of drug-likeness (QED) is 0.847. The minimum absolute atomic E-state index is 0.0971. The Balaban J connectivity index is 1.93. The number of rotatable bonds is 3. The predicted octanol–water partition coefficient (Wildman–Crippen LogP) is 3.70. The number of hydrogen-bond acceptors (Lipinski definition) is 5. The summed E-state index contributed by atoms with van der Waals surface area (Å²) in [5.41, 5.74) is 1.40. The molecular formula is C17H19N3O2S2. The smallest absolute Gasteiger partial charge is 0.250 e. The van der Waals surface area contributed by atoms with Crippen LogP contribution < -0.4 is 10.2 Å². The van der Waals surface area contributed by atoms with Crippen molar-refractivity contribution in [2.45, 2.75) is 42.8 Å². The van der Waals surface area contributed by atoms with Gasteiger partial charge in [0.15, 0.2) is 4.34 Å². The number of benzene rings is 1. The van der Waals surface area contributed by atoms with E-state index in [-0.39, 0.29) is 17.1 Å². The second kappa shape index (κ2) is 6.22. The number of fused-ring (bicyclic) bond motifs is 1. The predicted molar refractivity (Wildman–Crippen MR) is 98.8 cm³/mol. The fraction of sp³-hybridized carbons (Fsp3) is 0.353. The first-order chi connectivity index (χ1) is 11.3. The van der Waals surface area contributed by atoms with E-state index >= 15 is 0 Å². The van der Waals surface area contributed by atoms with Gasteiger partial charge in [0, 0.05) is 11.1 Å². The number of thiazole rings is 1. The number of nitrogens with zero attached hydrogens (tertiary/aromatic N) is 2. The molecule has 1 aliphatic rings.